The zero-order valence-electron chi connectivity index (χ0n) is 20.9. The highest BCUT2D eigenvalue weighted by molar-refractivity contribution is 6.32. The Kier molecular flexibility index (Phi) is 7.57. The molecule has 0 bridgehead atoms. The molecule has 1 amide bonds. The predicted octanol–water partition coefficient (Wildman–Crippen LogP) is 5.41. The third-order valence-electron chi connectivity index (χ3n) is 5.88. The summed E-state index contributed by atoms with van der Waals surface area (Å²) in [7, 11) is 3.22. The Balaban J connectivity index is 1.42. The van der Waals surface area contributed by atoms with Gasteiger partial charge in [0.05, 0.1) is 36.3 Å². The quantitative estimate of drug-likeness (QED) is 0.233. The van der Waals surface area contributed by atoms with Crippen LogP contribution in [0.1, 0.15) is 15.9 Å². The number of imidazole rings is 1. The normalized spacial score (nSPS) is 11.0. The highest BCUT2D eigenvalue weighted by Gasteiger charge is 2.17. The van der Waals surface area contributed by atoms with E-state index in [0.717, 1.165) is 28.0 Å². The predicted molar refractivity (Wildman–Crippen MR) is 146 cm³/mol. The van der Waals surface area contributed by atoms with Crippen molar-refractivity contribution >= 4 is 34.4 Å². The number of anilines is 1. The van der Waals surface area contributed by atoms with Crippen molar-refractivity contribution in [3.8, 4) is 23.0 Å². The summed E-state index contributed by atoms with van der Waals surface area (Å²) < 4.78 is 17.6. The number of H-pyrrole nitrogens is 1. The van der Waals surface area contributed by atoms with Crippen LogP contribution in [0.25, 0.3) is 22.6 Å². The van der Waals surface area contributed by atoms with Gasteiger partial charge in [-0.2, -0.15) is 5.10 Å². The molecule has 5 aromatic rings. The standard InChI is InChI=1S/C28H26ClN5O4/c1-36-13-14-38-25-12-9-19(15-21(25)29)28(35)32-26-16-24(27-30-22-5-3-4-6-23(22)31-27)34(33-26)17-18-7-10-20(37-2)11-8-18/h3-12,15-16H,13-14,17H2,1-2H3,(H,30,31)(H,32,33,35). The maximum absolute atomic E-state index is 13.0. The Hall–Kier alpha value is -4.34. The highest BCUT2D eigenvalue weighted by atomic mass is 35.5. The Labute approximate surface area is 224 Å². The molecule has 0 aliphatic heterocycles. The third kappa shape index (κ3) is 5.64. The van der Waals surface area contributed by atoms with Gasteiger partial charge >= 0.3 is 0 Å². The summed E-state index contributed by atoms with van der Waals surface area (Å²) in [6.07, 6.45) is 0. The van der Waals surface area contributed by atoms with Gasteiger partial charge in [-0.1, -0.05) is 35.9 Å². The van der Waals surface area contributed by atoms with E-state index >= 15 is 0 Å². The second kappa shape index (κ2) is 11.4. The van der Waals surface area contributed by atoms with Crippen LogP contribution in [0.2, 0.25) is 5.02 Å². The maximum Gasteiger partial charge on any atom is 0.256 e. The van der Waals surface area contributed by atoms with E-state index in [2.05, 4.69) is 15.4 Å². The van der Waals surface area contributed by atoms with Gasteiger partial charge in [-0.15, -0.1) is 0 Å². The summed E-state index contributed by atoms with van der Waals surface area (Å²) in [6.45, 7) is 1.26. The highest BCUT2D eigenvalue weighted by Crippen LogP contribution is 2.27. The van der Waals surface area contributed by atoms with E-state index in [4.69, 9.17) is 30.8 Å². The molecule has 0 spiro atoms. The average molecular weight is 532 g/mol. The van der Waals surface area contributed by atoms with Crippen LogP contribution in [0.3, 0.4) is 0 Å². The number of aromatic amines is 1. The SMILES string of the molecule is COCCOc1ccc(C(=O)Nc2cc(-c3nc4ccccc4[nH]3)n(Cc3ccc(OC)cc3)n2)cc1Cl. The van der Waals surface area contributed by atoms with Crippen molar-refractivity contribution in [2.45, 2.75) is 6.54 Å². The van der Waals surface area contributed by atoms with E-state index < -0.39 is 0 Å². The van der Waals surface area contributed by atoms with Crippen molar-refractivity contribution in [2.24, 2.45) is 0 Å². The zero-order chi connectivity index (χ0) is 26.5. The lowest BCUT2D eigenvalue weighted by Gasteiger charge is -2.09. The lowest BCUT2D eigenvalue weighted by Crippen LogP contribution is -2.13. The van der Waals surface area contributed by atoms with E-state index in [-0.39, 0.29) is 5.91 Å². The van der Waals surface area contributed by atoms with Gasteiger partial charge in [0, 0.05) is 18.7 Å². The maximum atomic E-state index is 13.0. The molecule has 0 atom stereocenters. The van der Waals surface area contributed by atoms with Crippen molar-refractivity contribution in [1.29, 1.82) is 0 Å². The number of nitrogens with zero attached hydrogens (tertiary/aromatic N) is 3. The van der Waals surface area contributed by atoms with E-state index in [0.29, 0.717) is 47.7 Å². The minimum absolute atomic E-state index is 0.335. The van der Waals surface area contributed by atoms with Crippen molar-refractivity contribution < 1.29 is 19.0 Å². The van der Waals surface area contributed by atoms with Gasteiger partial charge in [-0.3, -0.25) is 9.48 Å². The third-order valence-corrected chi connectivity index (χ3v) is 6.18. The fraction of sp³-hybridized carbons (Fsp3) is 0.179. The summed E-state index contributed by atoms with van der Waals surface area (Å²) >= 11 is 6.33. The molecule has 2 heterocycles. The largest absolute Gasteiger partial charge is 0.497 e. The summed E-state index contributed by atoms with van der Waals surface area (Å²) in [4.78, 5) is 21.1. The molecule has 0 saturated heterocycles. The Morgan fingerprint density at radius 1 is 1.03 bits per heavy atom. The van der Waals surface area contributed by atoms with Crippen LogP contribution >= 0.6 is 11.6 Å². The molecule has 2 N–H and O–H groups in total. The van der Waals surface area contributed by atoms with Gasteiger partial charge < -0.3 is 24.5 Å². The van der Waals surface area contributed by atoms with Gasteiger partial charge in [0.15, 0.2) is 11.6 Å². The Morgan fingerprint density at radius 2 is 1.84 bits per heavy atom. The molecule has 3 aromatic carbocycles. The topological polar surface area (TPSA) is 103 Å². The van der Waals surface area contributed by atoms with E-state index in [1.807, 2.05) is 48.5 Å². The first kappa shape index (κ1) is 25.3. The number of methoxy groups -OCH3 is 2. The van der Waals surface area contributed by atoms with Crippen LogP contribution in [0.4, 0.5) is 5.82 Å². The fourth-order valence-corrected chi connectivity index (χ4v) is 4.18. The molecule has 9 nitrogen and oxygen atoms in total. The van der Waals surface area contributed by atoms with E-state index in [1.165, 1.54) is 0 Å². The van der Waals surface area contributed by atoms with Crippen LogP contribution in [-0.2, 0) is 11.3 Å². The number of ether oxygens (including phenoxy) is 3. The number of aromatic nitrogens is 4. The monoisotopic (exact) mass is 531 g/mol. The Morgan fingerprint density at radius 3 is 2.58 bits per heavy atom. The molecule has 194 valence electrons. The first-order valence-electron chi connectivity index (χ1n) is 11.9. The number of carbonyl (C=O) groups excluding carboxylic acids is 1. The minimum atomic E-state index is -0.347. The molecular weight excluding hydrogens is 506 g/mol. The summed E-state index contributed by atoms with van der Waals surface area (Å²) in [6, 6.07) is 22.2. The van der Waals surface area contributed by atoms with E-state index in [9.17, 15) is 4.79 Å². The van der Waals surface area contributed by atoms with E-state index in [1.54, 1.807) is 43.2 Å². The molecule has 38 heavy (non-hydrogen) atoms. The van der Waals surface area contributed by atoms with Crippen molar-refractivity contribution in [1.82, 2.24) is 19.7 Å². The van der Waals surface area contributed by atoms with Crippen LogP contribution in [0.5, 0.6) is 11.5 Å². The first-order chi connectivity index (χ1) is 18.5. The number of nitrogens with one attached hydrogen (secondary N) is 2. The number of para-hydroxylation sites is 2. The molecule has 0 radical (unpaired) electrons. The average Bonchev–Trinajstić information content (AvgIpc) is 3.53. The van der Waals surface area contributed by atoms with Crippen molar-refractivity contribution in [3.05, 3.63) is 88.9 Å². The summed E-state index contributed by atoms with van der Waals surface area (Å²) in [5.74, 6) is 1.94. The number of fused-ring (bicyclic) bond motifs is 1. The molecule has 0 fully saturated rings. The van der Waals surface area contributed by atoms with Gasteiger partial charge in [0.2, 0.25) is 0 Å². The number of halogens is 1. The molecular formula is C28H26ClN5O4. The second-order valence-corrected chi connectivity index (χ2v) is 8.87. The number of carbonyl (C=O) groups is 1. The molecule has 0 aliphatic rings. The number of rotatable bonds is 10. The van der Waals surface area contributed by atoms with Crippen LogP contribution in [0, 0.1) is 0 Å². The van der Waals surface area contributed by atoms with Crippen LogP contribution in [0.15, 0.2) is 72.8 Å². The molecule has 10 heteroatoms. The van der Waals surface area contributed by atoms with Crippen LogP contribution in [-0.4, -0.2) is 53.1 Å². The fourth-order valence-electron chi connectivity index (χ4n) is 3.95. The summed E-state index contributed by atoms with van der Waals surface area (Å²) in [5, 5.41) is 7.88. The van der Waals surface area contributed by atoms with Gasteiger partial charge in [0.1, 0.15) is 23.8 Å². The second-order valence-electron chi connectivity index (χ2n) is 8.46. The number of hydrogen-bond acceptors (Lipinski definition) is 6. The van der Waals surface area contributed by atoms with Gasteiger partial charge in [0.25, 0.3) is 5.91 Å². The lowest BCUT2D eigenvalue weighted by molar-refractivity contribution is 0.102. The molecule has 2 aromatic heterocycles. The lowest BCUT2D eigenvalue weighted by atomic mass is 10.2. The molecule has 0 saturated carbocycles. The van der Waals surface area contributed by atoms with Crippen molar-refractivity contribution in [2.75, 3.05) is 32.8 Å². The number of amides is 1. The number of benzene rings is 3. The van der Waals surface area contributed by atoms with Gasteiger partial charge in [-0.05, 0) is 48.0 Å². The molecule has 0 aliphatic carbocycles. The number of hydrogen-bond donors (Lipinski definition) is 2. The minimum Gasteiger partial charge on any atom is -0.497 e. The smallest absolute Gasteiger partial charge is 0.256 e. The summed E-state index contributed by atoms with van der Waals surface area (Å²) in [5.41, 5.74) is 3.87. The van der Waals surface area contributed by atoms with Gasteiger partial charge in [-0.25, -0.2) is 4.98 Å². The Bertz CT molecular complexity index is 1530. The molecule has 0 unspecified atom stereocenters. The van der Waals surface area contributed by atoms with Crippen LogP contribution < -0.4 is 14.8 Å². The van der Waals surface area contributed by atoms with Crippen molar-refractivity contribution in [3.63, 3.8) is 0 Å². The molecule has 5 rings (SSSR count). The first-order valence-corrected chi connectivity index (χ1v) is 12.3. The zero-order valence-corrected chi connectivity index (χ0v) is 21.7.